The Labute approximate surface area is 179 Å². The lowest BCUT2D eigenvalue weighted by molar-refractivity contribution is -0.122. The Morgan fingerprint density at radius 3 is 1.63 bits per heavy atom. The van der Waals surface area contributed by atoms with Crippen LogP contribution in [0.5, 0.6) is 0 Å². The van der Waals surface area contributed by atoms with Crippen molar-refractivity contribution in [2.24, 2.45) is 5.41 Å². The van der Waals surface area contributed by atoms with Gasteiger partial charge in [0, 0.05) is 40.8 Å². The molecule has 30 heavy (non-hydrogen) atoms. The van der Waals surface area contributed by atoms with Gasteiger partial charge in [-0.25, -0.2) is 0 Å². The Hall–Kier alpha value is -3.04. The first-order chi connectivity index (χ1) is 14.5. The summed E-state index contributed by atoms with van der Waals surface area (Å²) in [7, 11) is 0. The molecule has 0 unspecified atom stereocenters. The minimum absolute atomic E-state index is 0.0611. The fraction of sp³-hybridized carbons (Fsp3) is 0.192. The highest BCUT2D eigenvalue weighted by molar-refractivity contribution is 6.31. The van der Waals surface area contributed by atoms with Gasteiger partial charge in [-0.1, -0.05) is 78.3 Å². The molecule has 5 rings (SSSR count). The number of carbonyl (C=O) groups is 3. The SMILES string of the molecule is O=C1C[C@H](c2ccc(Cl)cc2)C2(C(=O)c3ccccc3C2=O)[C@H](c2ccccc2)C1. The van der Waals surface area contributed by atoms with E-state index in [9.17, 15) is 14.4 Å². The Morgan fingerprint density at radius 1 is 0.633 bits per heavy atom. The molecule has 2 aliphatic rings. The fourth-order valence-corrected chi connectivity index (χ4v) is 5.43. The molecule has 0 aliphatic heterocycles. The number of rotatable bonds is 2. The summed E-state index contributed by atoms with van der Waals surface area (Å²) in [4.78, 5) is 40.8. The van der Waals surface area contributed by atoms with Gasteiger partial charge in [0.1, 0.15) is 11.2 Å². The van der Waals surface area contributed by atoms with Gasteiger partial charge in [-0.3, -0.25) is 14.4 Å². The van der Waals surface area contributed by atoms with Crippen molar-refractivity contribution < 1.29 is 14.4 Å². The average Bonchev–Trinajstić information content (AvgIpc) is 2.99. The minimum atomic E-state index is -1.33. The maximum Gasteiger partial charge on any atom is 0.178 e. The Kier molecular flexibility index (Phi) is 4.44. The van der Waals surface area contributed by atoms with E-state index >= 15 is 0 Å². The lowest BCUT2D eigenvalue weighted by Crippen LogP contribution is -2.49. The molecule has 4 heteroatoms. The number of hydrogen-bond acceptors (Lipinski definition) is 3. The number of fused-ring (bicyclic) bond motifs is 1. The molecule has 2 atom stereocenters. The van der Waals surface area contributed by atoms with Crippen molar-refractivity contribution in [3.8, 4) is 0 Å². The lowest BCUT2D eigenvalue weighted by atomic mass is 9.54. The Morgan fingerprint density at radius 2 is 1.10 bits per heavy atom. The van der Waals surface area contributed by atoms with Crippen LogP contribution in [-0.2, 0) is 4.79 Å². The number of halogens is 1. The summed E-state index contributed by atoms with van der Waals surface area (Å²) in [5.74, 6) is -1.33. The van der Waals surface area contributed by atoms with E-state index < -0.39 is 17.3 Å². The van der Waals surface area contributed by atoms with Crippen molar-refractivity contribution in [3.63, 3.8) is 0 Å². The van der Waals surface area contributed by atoms with Gasteiger partial charge >= 0.3 is 0 Å². The van der Waals surface area contributed by atoms with Crippen LogP contribution in [0.1, 0.15) is 56.5 Å². The number of hydrogen-bond donors (Lipinski definition) is 0. The third-order valence-corrected chi connectivity index (χ3v) is 6.86. The van der Waals surface area contributed by atoms with Gasteiger partial charge in [-0.05, 0) is 23.3 Å². The summed E-state index contributed by atoms with van der Waals surface area (Å²) in [5.41, 5.74) is 1.22. The quantitative estimate of drug-likeness (QED) is 0.510. The molecule has 0 heterocycles. The molecule has 0 bridgehead atoms. The summed E-state index contributed by atoms with van der Waals surface area (Å²) >= 11 is 6.08. The van der Waals surface area contributed by atoms with E-state index in [0.29, 0.717) is 16.1 Å². The van der Waals surface area contributed by atoms with E-state index in [1.807, 2.05) is 42.5 Å². The Balaban J connectivity index is 1.78. The number of benzene rings is 3. The van der Waals surface area contributed by atoms with Crippen molar-refractivity contribution in [3.05, 3.63) is 106 Å². The average molecular weight is 415 g/mol. The normalized spacial score (nSPS) is 22.4. The van der Waals surface area contributed by atoms with E-state index in [0.717, 1.165) is 11.1 Å². The van der Waals surface area contributed by atoms with Gasteiger partial charge in [-0.2, -0.15) is 0 Å². The molecule has 0 aromatic heterocycles. The zero-order valence-electron chi connectivity index (χ0n) is 16.2. The van der Waals surface area contributed by atoms with Crippen LogP contribution in [0.4, 0.5) is 0 Å². The van der Waals surface area contributed by atoms with Crippen LogP contribution in [0, 0.1) is 5.41 Å². The van der Waals surface area contributed by atoms with Crippen molar-refractivity contribution in [2.75, 3.05) is 0 Å². The van der Waals surface area contributed by atoms with Crippen LogP contribution in [0.15, 0.2) is 78.9 Å². The lowest BCUT2D eigenvalue weighted by Gasteiger charge is -2.44. The first-order valence-electron chi connectivity index (χ1n) is 10.0. The number of ketones is 3. The summed E-state index contributed by atoms with van der Waals surface area (Å²) < 4.78 is 0. The van der Waals surface area contributed by atoms with Crippen molar-refractivity contribution in [1.29, 1.82) is 0 Å². The monoisotopic (exact) mass is 414 g/mol. The molecule has 1 saturated carbocycles. The molecular weight excluding hydrogens is 396 g/mol. The second-order valence-electron chi connectivity index (χ2n) is 8.09. The molecule has 3 aromatic carbocycles. The first kappa shape index (κ1) is 19.0. The van der Waals surface area contributed by atoms with Gasteiger partial charge in [-0.15, -0.1) is 0 Å². The van der Waals surface area contributed by atoms with Crippen LogP contribution in [-0.4, -0.2) is 17.3 Å². The first-order valence-corrected chi connectivity index (χ1v) is 10.4. The second kappa shape index (κ2) is 7.03. The third kappa shape index (κ3) is 2.62. The van der Waals surface area contributed by atoms with E-state index in [1.165, 1.54) is 0 Å². The number of carbonyl (C=O) groups excluding carboxylic acids is 3. The topological polar surface area (TPSA) is 51.2 Å². The van der Waals surface area contributed by atoms with Crippen LogP contribution in [0.3, 0.4) is 0 Å². The summed E-state index contributed by atoms with van der Waals surface area (Å²) in [6, 6.07) is 23.7. The van der Waals surface area contributed by atoms with Crippen LogP contribution in [0.25, 0.3) is 0 Å². The molecule has 1 spiro atoms. The molecule has 2 aliphatic carbocycles. The molecule has 0 N–H and O–H groups in total. The van der Waals surface area contributed by atoms with Crippen molar-refractivity contribution in [1.82, 2.24) is 0 Å². The van der Waals surface area contributed by atoms with E-state index in [-0.39, 0.29) is 30.2 Å². The molecule has 1 fully saturated rings. The van der Waals surface area contributed by atoms with E-state index in [2.05, 4.69) is 0 Å². The highest BCUT2D eigenvalue weighted by atomic mass is 35.5. The summed E-state index contributed by atoms with van der Waals surface area (Å²) in [6.07, 6.45) is 0.343. The predicted molar refractivity (Wildman–Crippen MR) is 115 cm³/mol. The predicted octanol–water partition coefficient (Wildman–Crippen LogP) is 5.64. The zero-order chi connectivity index (χ0) is 20.9. The molecule has 0 saturated heterocycles. The van der Waals surface area contributed by atoms with Gasteiger partial charge in [0.25, 0.3) is 0 Å². The minimum Gasteiger partial charge on any atom is -0.300 e. The van der Waals surface area contributed by atoms with Gasteiger partial charge in [0.2, 0.25) is 0 Å². The van der Waals surface area contributed by atoms with Crippen LogP contribution in [0.2, 0.25) is 5.02 Å². The van der Waals surface area contributed by atoms with Crippen molar-refractivity contribution >= 4 is 29.0 Å². The van der Waals surface area contributed by atoms with Gasteiger partial charge < -0.3 is 0 Å². The molecule has 148 valence electrons. The summed E-state index contributed by atoms with van der Waals surface area (Å²) in [5, 5.41) is 0.571. The molecule has 3 nitrogen and oxygen atoms in total. The van der Waals surface area contributed by atoms with Crippen molar-refractivity contribution in [2.45, 2.75) is 24.7 Å². The molecule has 0 radical (unpaired) electrons. The largest absolute Gasteiger partial charge is 0.300 e. The highest BCUT2D eigenvalue weighted by Gasteiger charge is 2.64. The number of Topliss-reactive ketones (excluding diaryl/α,β-unsaturated/α-hetero) is 3. The van der Waals surface area contributed by atoms with E-state index in [4.69, 9.17) is 11.6 Å². The third-order valence-electron chi connectivity index (χ3n) is 6.60. The van der Waals surface area contributed by atoms with Gasteiger partial charge in [0.05, 0.1) is 0 Å². The van der Waals surface area contributed by atoms with E-state index in [1.54, 1.807) is 36.4 Å². The highest BCUT2D eigenvalue weighted by Crippen LogP contribution is 2.60. The van der Waals surface area contributed by atoms with Crippen LogP contribution < -0.4 is 0 Å². The smallest absolute Gasteiger partial charge is 0.178 e. The van der Waals surface area contributed by atoms with Gasteiger partial charge in [0.15, 0.2) is 11.6 Å². The maximum atomic E-state index is 14.0. The molecular formula is C26H19ClO3. The molecule has 0 amide bonds. The second-order valence-corrected chi connectivity index (χ2v) is 8.52. The standard InChI is InChI=1S/C26H19ClO3/c27-18-12-10-17(11-13-18)23-15-19(28)14-22(16-6-2-1-3-7-16)26(23)24(29)20-8-4-5-9-21(20)25(26)30/h1-13,22-23H,14-15H2/t22-,23+/m0/s1. The maximum absolute atomic E-state index is 14.0. The molecule has 3 aromatic rings. The summed E-state index contributed by atoms with van der Waals surface area (Å²) in [6.45, 7) is 0. The van der Waals surface area contributed by atoms with Crippen LogP contribution >= 0.6 is 11.6 Å². The fourth-order valence-electron chi connectivity index (χ4n) is 5.31. The Bertz CT molecular complexity index is 1130. The zero-order valence-corrected chi connectivity index (χ0v) is 16.9.